The first-order valence-electron chi connectivity index (χ1n) is 20.3. The van der Waals surface area contributed by atoms with Crippen molar-refractivity contribution in [2.45, 2.75) is 53.5 Å². The highest BCUT2D eigenvalue weighted by Gasteiger charge is 2.35. The van der Waals surface area contributed by atoms with E-state index in [2.05, 4.69) is 204 Å². The van der Waals surface area contributed by atoms with Crippen LogP contribution in [-0.2, 0) is 12.0 Å². The second-order valence-corrected chi connectivity index (χ2v) is 14.5. The van der Waals surface area contributed by atoms with Crippen molar-refractivity contribution in [3.05, 3.63) is 187 Å². The molecule has 0 amide bonds. The second-order valence-electron chi connectivity index (χ2n) is 14.5. The molecule has 0 unspecified atom stereocenters. The van der Waals surface area contributed by atoms with Crippen LogP contribution in [0.3, 0.4) is 0 Å². The Morgan fingerprint density at radius 1 is 0.509 bits per heavy atom. The Morgan fingerprint density at radius 2 is 1.09 bits per heavy atom. The molecular weight excluding hydrogens is 693 g/mol. The van der Waals surface area contributed by atoms with E-state index in [4.69, 9.17) is 4.99 Å². The van der Waals surface area contributed by atoms with Crippen molar-refractivity contribution < 1.29 is 0 Å². The SMILES string of the molecule is C=Nc1c(N(Cc2ccccc2)c2ccccc2)c2cc3c(cc2n1-c1ccccc1)c1ccccc1n3-c1ccc2c(c1)C(C)(C)c1ccccc1-2.CC.CC. The summed E-state index contributed by atoms with van der Waals surface area (Å²) in [5.41, 5.74) is 14.2. The lowest BCUT2D eigenvalue weighted by atomic mass is 9.82. The topological polar surface area (TPSA) is 25.5 Å². The number of nitrogens with zero attached hydrogens (tertiary/aromatic N) is 4. The molecule has 2 aromatic heterocycles. The largest absolute Gasteiger partial charge is 0.333 e. The zero-order valence-electron chi connectivity index (χ0n) is 33.9. The van der Waals surface area contributed by atoms with E-state index in [0.717, 1.165) is 45.0 Å². The summed E-state index contributed by atoms with van der Waals surface area (Å²) in [5, 5.41) is 3.52. The summed E-state index contributed by atoms with van der Waals surface area (Å²) in [5.74, 6) is 0.812. The monoisotopic (exact) mass is 742 g/mol. The molecular formula is C53H50N4. The van der Waals surface area contributed by atoms with Crippen LogP contribution in [0.4, 0.5) is 17.2 Å². The van der Waals surface area contributed by atoms with E-state index in [1.807, 2.05) is 27.7 Å². The van der Waals surface area contributed by atoms with E-state index < -0.39 is 0 Å². The summed E-state index contributed by atoms with van der Waals surface area (Å²) in [6, 6.07) is 61.3. The summed E-state index contributed by atoms with van der Waals surface area (Å²) >= 11 is 0. The second kappa shape index (κ2) is 15.5. The highest BCUT2D eigenvalue weighted by Crippen LogP contribution is 2.51. The van der Waals surface area contributed by atoms with Gasteiger partial charge in [-0.1, -0.05) is 157 Å². The van der Waals surface area contributed by atoms with Gasteiger partial charge in [-0.25, -0.2) is 4.99 Å². The van der Waals surface area contributed by atoms with Gasteiger partial charge >= 0.3 is 0 Å². The Kier molecular flexibility index (Phi) is 10.1. The van der Waals surface area contributed by atoms with Gasteiger partial charge in [0.25, 0.3) is 0 Å². The quantitative estimate of drug-likeness (QED) is 0.149. The molecule has 282 valence electrons. The molecule has 0 atom stereocenters. The number of anilines is 2. The number of fused-ring (bicyclic) bond motifs is 7. The smallest absolute Gasteiger partial charge is 0.161 e. The van der Waals surface area contributed by atoms with E-state index in [1.165, 1.54) is 44.1 Å². The minimum atomic E-state index is -0.105. The molecule has 1 aliphatic rings. The molecule has 4 nitrogen and oxygen atoms in total. The van der Waals surface area contributed by atoms with Gasteiger partial charge in [0.15, 0.2) is 5.82 Å². The van der Waals surface area contributed by atoms with Crippen molar-refractivity contribution in [1.82, 2.24) is 9.13 Å². The average Bonchev–Trinajstić information content (AvgIpc) is 3.86. The molecule has 9 aromatic rings. The van der Waals surface area contributed by atoms with Gasteiger partial charge in [-0.15, -0.1) is 0 Å². The summed E-state index contributed by atoms with van der Waals surface area (Å²) in [6.45, 7) is 17.6. The van der Waals surface area contributed by atoms with Crippen molar-refractivity contribution in [3.63, 3.8) is 0 Å². The molecule has 4 heteroatoms. The van der Waals surface area contributed by atoms with Gasteiger partial charge in [0.2, 0.25) is 0 Å². The van der Waals surface area contributed by atoms with E-state index >= 15 is 0 Å². The molecule has 0 saturated carbocycles. The normalized spacial score (nSPS) is 12.3. The Labute approximate surface area is 337 Å². The lowest BCUT2D eigenvalue weighted by molar-refractivity contribution is 0.660. The van der Waals surface area contributed by atoms with Crippen LogP contribution in [0, 0.1) is 0 Å². The van der Waals surface area contributed by atoms with Gasteiger partial charge in [-0.05, 0) is 89.1 Å². The van der Waals surface area contributed by atoms with Crippen LogP contribution in [0.2, 0.25) is 0 Å². The number of hydrogen-bond acceptors (Lipinski definition) is 2. The van der Waals surface area contributed by atoms with Crippen LogP contribution in [0.5, 0.6) is 0 Å². The Bertz CT molecular complexity index is 2840. The molecule has 0 radical (unpaired) electrons. The highest BCUT2D eigenvalue weighted by molar-refractivity contribution is 6.17. The molecule has 7 aromatic carbocycles. The number of aromatic nitrogens is 2. The highest BCUT2D eigenvalue weighted by atomic mass is 15.2. The lowest BCUT2D eigenvalue weighted by Crippen LogP contribution is -2.16. The third kappa shape index (κ3) is 6.13. The van der Waals surface area contributed by atoms with Crippen molar-refractivity contribution >= 4 is 56.6 Å². The maximum atomic E-state index is 4.83. The molecule has 2 heterocycles. The van der Waals surface area contributed by atoms with Gasteiger partial charge in [0.1, 0.15) is 0 Å². The molecule has 1 aliphatic carbocycles. The zero-order valence-corrected chi connectivity index (χ0v) is 33.9. The lowest BCUT2D eigenvalue weighted by Gasteiger charge is -2.26. The van der Waals surface area contributed by atoms with Crippen LogP contribution >= 0.6 is 0 Å². The van der Waals surface area contributed by atoms with Crippen LogP contribution < -0.4 is 4.90 Å². The fourth-order valence-corrected chi connectivity index (χ4v) is 8.75. The Morgan fingerprint density at radius 3 is 1.81 bits per heavy atom. The molecule has 57 heavy (non-hydrogen) atoms. The van der Waals surface area contributed by atoms with Crippen molar-refractivity contribution in [3.8, 4) is 22.5 Å². The molecule has 0 fully saturated rings. The summed E-state index contributed by atoms with van der Waals surface area (Å²) in [6.07, 6.45) is 0. The van der Waals surface area contributed by atoms with Gasteiger partial charge < -0.3 is 9.47 Å². The first-order valence-corrected chi connectivity index (χ1v) is 20.3. The van der Waals surface area contributed by atoms with Gasteiger partial charge in [-0.2, -0.15) is 0 Å². The predicted molar refractivity (Wildman–Crippen MR) is 246 cm³/mol. The first-order chi connectivity index (χ1) is 28.0. The summed E-state index contributed by atoms with van der Waals surface area (Å²) in [4.78, 5) is 7.23. The first kappa shape index (κ1) is 37.3. The molecule has 0 saturated heterocycles. The minimum absolute atomic E-state index is 0.105. The van der Waals surface area contributed by atoms with Crippen LogP contribution in [-0.4, -0.2) is 15.9 Å². The number of para-hydroxylation sites is 3. The van der Waals surface area contributed by atoms with Gasteiger partial charge in [0, 0.05) is 45.2 Å². The number of benzene rings is 7. The fourth-order valence-electron chi connectivity index (χ4n) is 8.75. The Balaban J connectivity index is 0.00000110. The molecule has 0 N–H and O–H groups in total. The minimum Gasteiger partial charge on any atom is -0.333 e. The van der Waals surface area contributed by atoms with Crippen LogP contribution in [0.1, 0.15) is 58.2 Å². The summed E-state index contributed by atoms with van der Waals surface area (Å²) in [7, 11) is 0. The molecule has 0 bridgehead atoms. The van der Waals surface area contributed by atoms with E-state index in [9.17, 15) is 0 Å². The molecule has 0 spiro atoms. The summed E-state index contributed by atoms with van der Waals surface area (Å²) < 4.78 is 4.73. The third-order valence-electron chi connectivity index (χ3n) is 11.2. The third-order valence-corrected chi connectivity index (χ3v) is 11.2. The van der Waals surface area contributed by atoms with Crippen molar-refractivity contribution in [2.24, 2.45) is 4.99 Å². The van der Waals surface area contributed by atoms with Crippen molar-refractivity contribution in [2.75, 3.05) is 4.90 Å². The zero-order chi connectivity index (χ0) is 39.7. The van der Waals surface area contributed by atoms with Crippen LogP contribution in [0.25, 0.3) is 55.2 Å². The van der Waals surface area contributed by atoms with Gasteiger partial charge in [0.05, 0.1) is 22.2 Å². The van der Waals surface area contributed by atoms with E-state index in [0.29, 0.717) is 6.54 Å². The number of aliphatic imine (C=N–C) groups is 1. The average molecular weight is 743 g/mol. The number of rotatable bonds is 7. The molecule has 10 rings (SSSR count). The van der Waals surface area contributed by atoms with Crippen LogP contribution in [0.15, 0.2) is 175 Å². The number of hydrogen-bond donors (Lipinski definition) is 0. The maximum Gasteiger partial charge on any atom is 0.161 e. The van der Waals surface area contributed by atoms with Crippen molar-refractivity contribution in [1.29, 1.82) is 0 Å². The molecule has 0 aliphatic heterocycles. The maximum absolute atomic E-state index is 4.83. The van der Waals surface area contributed by atoms with E-state index in [-0.39, 0.29) is 5.41 Å². The Hall–Kier alpha value is -6.65. The van der Waals surface area contributed by atoms with E-state index in [1.54, 1.807) is 0 Å². The standard InChI is InChI=1S/C49H38N4.2C2H6/c1-49(2)42-25-15-13-23-37(42)38-28-27-36(29-43(38)49)52-44-26-16-14-24-39(44)40-30-46-41(31-45(40)52)47(48(50-3)53(46)35-21-11-6-12-22-35)51(34-19-9-5-10-20-34)32-33-17-7-4-8-18-33;2*1-2/h4-31H,3,32H2,1-2H3;2*1-2H3. The van der Waals surface area contributed by atoms with Gasteiger partial charge in [-0.3, -0.25) is 4.57 Å². The fraction of sp³-hybridized carbons (Fsp3) is 0.151. The predicted octanol–water partition coefficient (Wildman–Crippen LogP) is 14.8.